The van der Waals surface area contributed by atoms with Gasteiger partial charge in [0, 0.05) is 13.0 Å². The maximum atomic E-state index is 8.97. The minimum Gasteiger partial charge on any atom is -0.330 e. The first kappa shape index (κ1) is 12.6. The van der Waals surface area contributed by atoms with Gasteiger partial charge in [0.2, 0.25) is 0 Å². The number of fused-ring (bicyclic) bond motifs is 1. The maximum Gasteiger partial charge on any atom is 0.109 e. The van der Waals surface area contributed by atoms with E-state index in [-0.39, 0.29) is 0 Å². The lowest BCUT2D eigenvalue weighted by Crippen LogP contribution is -2.07. The summed E-state index contributed by atoms with van der Waals surface area (Å²) in [6, 6.07) is 7.84. The summed E-state index contributed by atoms with van der Waals surface area (Å²) in [5.74, 6) is 1.08. The largest absolute Gasteiger partial charge is 0.330 e. The second-order valence-electron chi connectivity index (χ2n) is 4.39. The first-order valence-corrected chi connectivity index (χ1v) is 6.39. The standard InChI is InChI=1S/C14H18N4/c1-2-8-18-13-9-11(10-16)5-6-12(13)17-14(18)4-3-7-15/h5-6,9H,2-4,7-8,15H2,1H3. The van der Waals surface area contributed by atoms with E-state index in [1.54, 1.807) is 0 Å². The molecule has 0 aliphatic rings. The molecule has 1 aromatic carbocycles. The molecule has 2 rings (SSSR count). The quantitative estimate of drug-likeness (QED) is 0.874. The van der Waals surface area contributed by atoms with E-state index in [0.717, 1.165) is 42.7 Å². The Balaban J connectivity index is 2.50. The van der Waals surface area contributed by atoms with Crippen LogP contribution in [0.4, 0.5) is 0 Å². The Hall–Kier alpha value is -1.86. The van der Waals surface area contributed by atoms with Crippen molar-refractivity contribution in [2.24, 2.45) is 5.73 Å². The molecule has 4 heteroatoms. The third-order valence-corrected chi connectivity index (χ3v) is 3.01. The molecule has 4 nitrogen and oxygen atoms in total. The number of benzene rings is 1. The van der Waals surface area contributed by atoms with E-state index >= 15 is 0 Å². The van der Waals surface area contributed by atoms with Gasteiger partial charge in [0.15, 0.2) is 0 Å². The fraction of sp³-hybridized carbons (Fsp3) is 0.429. The Morgan fingerprint density at radius 3 is 2.94 bits per heavy atom. The molecule has 0 aliphatic carbocycles. The van der Waals surface area contributed by atoms with Crippen LogP contribution in [0.5, 0.6) is 0 Å². The van der Waals surface area contributed by atoms with Gasteiger partial charge in [-0.3, -0.25) is 0 Å². The van der Waals surface area contributed by atoms with E-state index in [0.29, 0.717) is 12.1 Å². The molecule has 0 saturated carbocycles. The van der Waals surface area contributed by atoms with Gasteiger partial charge in [0.25, 0.3) is 0 Å². The van der Waals surface area contributed by atoms with Gasteiger partial charge in [-0.2, -0.15) is 5.26 Å². The maximum absolute atomic E-state index is 8.97. The lowest BCUT2D eigenvalue weighted by molar-refractivity contribution is 0.639. The van der Waals surface area contributed by atoms with Gasteiger partial charge in [-0.1, -0.05) is 6.92 Å². The molecular weight excluding hydrogens is 224 g/mol. The molecular formula is C14H18N4. The van der Waals surface area contributed by atoms with Crippen LogP contribution in [0.3, 0.4) is 0 Å². The van der Waals surface area contributed by atoms with Crippen molar-refractivity contribution >= 4 is 11.0 Å². The van der Waals surface area contributed by atoms with Crippen molar-refractivity contribution < 1.29 is 0 Å². The molecule has 0 bridgehead atoms. The number of aryl methyl sites for hydroxylation is 2. The van der Waals surface area contributed by atoms with Gasteiger partial charge in [0.1, 0.15) is 5.82 Å². The van der Waals surface area contributed by atoms with Crippen LogP contribution >= 0.6 is 0 Å². The van der Waals surface area contributed by atoms with Gasteiger partial charge in [-0.25, -0.2) is 4.98 Å². The van der Waals surface area contributed by atoms with Crippen molar-refractivity contribution in [3.05, 3.63) is 29.6 Å². The lowest BCUT2D eigenvalue weighted by atomic mass is 10.2. The second kappa shape index (κ2) is 5.65. The Kier molecular flexibility index (Phi) is 3.96. The molecule has 0 fully saturated rings. The fourth-order valence-corrected chi connectivity index (χ4v) is 2.17. The van der Waals surface area contributed by atoms with Crippen molar-refractivity contribution in [2.45, 2.75) is 32.7 Å². The summed E-state index contributed by atoms with van der Waals surface area (Å²) >= 11 is 0. The van der Waals surface area contributed by atoms with Crippen LogP contribution in [0.2, 0.25) is 0 Å². The molecule has 0 amide bonds. The molecule has 0 saturated heterocycles. The molecule has 94 valence electrons. The zero-order valence-electron chi connectivity index (χ0n) is 10.7. The van der Waals surface area contributed by atoms with Gasteiger partial charge in [-0.05, 0) is 37.6 Å². The average molecular weight is 242 g/mol. The minimum atomic E-state index is 0.679. The predicted molar refractivity (Wildman–Crippen MR) is 72.1 cm³/mol. The summed E-state index contributed by atoms with van der Waals surface area (Å²) in [5, 5.41) is 8.97. The van der Waals surface area contributed by atoms with E-state index in [9.17, 15) is 0 Å². The molecule has 18 heavy (non-hydrogen) atoms. The Labute approximate surface area is 107 Å². The summed E-state index contributed by atoms with van der Waals surface area (Å²) in [6.07, 6.45) is 2.89. The molecule has 0 aliphatic heterocycles. The van der Waals surface area contributed by atoms with Gasteiger partial charge in [0.05, 0.1) is 22.7 Å². The van der Waals surface area contributed by atoms with E-state index < -0.39 is 0 Å². The van der Waals surface area contributed by atoms with Crippen molar-refractivity contribution in [1.82, 2.24) is 9.55 Å². The van der Waals surface area contributed by atoms with Crippen LogP contribution in [0, 0.1) is 11.3 Å². The normalized spacial score (nSPS) is 10.7. The van der Waals surface area contributed by atoms with Crippen LogP contribution in [0.1, 0.15) is 31.2 Å². The first-order valence-electron chi connectivity index (χ1n) is 6.39. The second-order valence-corrected chi connectivity index (χ2v) is 4.39. The number of nitriles is 1. The fourth-order valence-electron chi connectivity index (χ4n) is 2.17. The van der Waals surface area contributed by atoms with E-state index in [2.05, 4.69) is 22.5 Å². The zero-order chi connectivity index (χ0) is 13.0. The number of imidazole rings is 1. The number of rotatable bonds is 5. The molecule has 2 aromatic rings. The van der Waals surface area contributed by atoms with Crippen LogP contribution in [0.25, 0.3) is 11.0 Å². The summed E-state index contributed by atoms with van der Waals surface area (Å²) in [5.41, 5.74) is 8.27. The zero-order valence-corrected chi connectivity index (χ0v) is 10.7. The average Bonchev–Trinajstić information content (AvgIpc) is 2.74. The van der Waals surface area contributed by atoms with Gasteiger partial charge >= 0.3 is 0 Å². The van der Waals surface area contributed by atoms with E-state index in [1.807, 2.05) is 18.2 Å². The van der Waals surface area contributed by atoms with Crippen LogP contribution in [-0.4, -0.2) is 16.1 Å². The highest BCUT2D eigenvalue weighted by atomic mass is 15.1. The van der Waals surface area contributed by atoms with Crippen LogP contribution in [0.15, 0.2) is 18.2 Å². The molecule has 0 spiro atoms. The Morgan fingerprint density at radius 2 is 2.28 bits per heavy atom. The summed E-state index contributed by atoms with van der Waals surface area (Å²) in [4.78, 5) is 4.64. The highest BCUT2D eigenvalue weighted by Crippen LogP contribution is 2.19. The predicted octanol–water partition coefficient (Wildman–Crippen LogP) is 2.21. The highest BCUT2D eigenvalue weighted by Gasteiger charge is 2.10. The SMILES string of the molecule is CCCn1c(CCCN)nc2ccc(C#N)cc21. The van der Waals surface area contributed by atoms with Crippen LogP contribution in [-0.2, 0) is 13.0 Å². The molecule has 0 unspecified atom stereocenters. The summed E-state index contributed by atoms with van der Waals surface area (Å²) in [7, 11) is 0. The summed E-state index contributed by atoms with van der Waals surface area (Å²) < 4.78 is 2.21. The van der Waals surface area contributed by atoms with Crippen molar-refractivity contribution in [3.8, 4) is 6.07 Å². The third-order valence-electron chi connectivity index (χ3n) is 3.01. The van der Waals surface area contributed by atoms with E-state index in [1.165, 1.54) is 0 Å². The Morgan fingerprint density at radius 1 is 1.44 bits per heavy atom. The minimum absolute atomic E-state index is 0.679. The monoisotopic (exact) mass is 242 g/mol. The number of hydrogen-bond donors (Lipinski definition) is 1. The Bertz CT molecular complexity index is 577. The number of nitrogens with zero attached hydrogens (tertiary/aromatic N) is 3. The van der Waals surface area contributed by atoms with Crippen LogP contribution < -0.4 is 5.73 Å². The summed E-state index contributed by atoms with van der Waals surface area (Å²) in [6.45, 7) is 3.76. The smallest absolute Gasteiger partial charge is 0.109 e. The number of aromatic nitrogens is 2. The first-order chi connectivity index (χ1) is 8.80. The highest BCUT2D eigenvalue weighted by molar-refractivity contribution is 5.77. The van der Waals surface area contributed by atoms with Crippen molar-refractivity contribution in [2.75, 3.05) is 6.54 Å². The van der Waals surface area contributed by atoms with Gasteiger partial charge < -0.3 is 10.3 Å². The lowest BCUT2D eigenvalue weighted by Gasteiger charge is -2.07. The molecule has 1 aromatic heterocycles. The molecule has 1 heterocycles. The molecule has 0 atom stereocenters. The number of hydrogen-bond acceptors (Lipinski definition) is 3. The van der Waals surface area contributed by atoms with Gasteiger partial charge in [-0.15, -0.1) is 0 Å². The molecule has 0 radical (unpaired) electrons. The van der Waals surface area contributed by atoms with Crippen molar-refractivity contribution in [3.63, 3.8) is 0 Å². The van der Waals surface area contributed by atoms with Crippen molar-refractivity contribution in [1.29, 1.82) is 5.26 Å². The van der Waals surface area contributed by atoms with E-state index in [4.69, 9.17) is 11.0 Å². The topological polar surface area (TPSA) is 67.6 Å². The molecule has 2 N–H and O–H groups in total. The third kappa shape index (κ3) is 2.36. The number of nitrogens with two attached hydrogens (primary N) is 1.